The van der Waals surface area contributed by atoms with Gasteiger partial charge in [0.2, 0.25) is 5.95 Å². The Kier molecular flexibility index (Phi) is 8.50. The molecule has 2 heterocycles. The van der Waals surface area contributed by atoms with Gasteiger partial charge in [0, 0.05) is 17.1 Å². The number of amides is 2. The van der Waals surface area contributed by atoms with E-state index in [1.54, 1.807) is 32.0 Å². The van der Waals surface area contributed by atoms with E-state index < -0.39 is 27.8 Å². The number of aryl methyl sites for hydroxylation is 2. The van der Waals surface area contributed by atoms with Crippen molar-refractivity contribution >= 4 is 56.7 Å². The summed E-state index contributed by atoms with van der Waals surface area (Å²) in [6.07, 6.45) is 1.50. The molecule has 2 aromatic carbocycles. The van der Waals surface area contributed by atoms with E-state index >= 15 is 0 Å². The van der Waals surface area contributed by atoms with Crippen molar-refractivity contribution in [2.24, 2.45) is 0 Å². The number of ether oxygens (including phenoxy) is 1. The number of hydrogen-bond donors (Lipinski definition) is 2. The van der Waals surface area contributed by atoms with Crippen molar-refractivity contribution < 1.29 is 27.5 Å². The zero-order chi connectivity index (χ0) is 29.0. The molecule has 1 aliphatic heterocycles. The maximum atomic E-state index is 13.3. The van der Waals surface area contributed by atoms with Gasteiger partial charge in [-0.05, 0) is 62.7 Å². The molecule has 2 amide bonds. The molecule has 1 aliphatic rings. The Labute approximate surface area is 236 Å². The average molecular weight is 584 g/mol. The van der Waals surface area contributed by atoms with Crippen molar-refractivity contribution in [3.63, 3.8) is 0 Å². The first kappa shape index (κ1) is 28.7. The molecule has 4 rings (SSSR count). The number of para-hydroxylation sites is 1. The van der Waals surface area contributed by atoms with E-state index in [1.165, 1.54) is 36.4 Å². The fourth-order valence-electron chi connectivity index (χ4n) is 3.87. The number of unbranched alkanes of at least 4 members (excludes halogenated alkanes) is 1. The third kappa shape index (κ3) is 6.13. The molecule has 13 heteroatoms. The Hall–Kier alpha value is -4.29. The molecule has 0 bridgehead atoms. The van der Waals surface area contributed by atoms with E-state index in [-0.39, 0.29) is 39.4 Å². The number of hydrogen-bond acceptors (Lipinski definition) is 9. The molecule has 40 heavy (non-hydrogen) atoms. The number of halogens is 1. The Morgan fingerprint density at radius 3 is 2.30 bits per heavy atom. The highest BCUT2D eigenvalue weighted by atomic mass is 35.5. The Bertz CT molecular complexity index is 1600. The lowest BCUT2D eigenvalue weighted by Crippen LogP contribution is -2.33. The van der Waals surface area contributed by atoms with E-state index in [0.717, 1.165) is 11.3 Å². The van der Waals surface area contributed by atoms with E-state index in [1.807, 2.05) is 6.92 Å². The minimum absolute atomic E-state index is 0.0371. The van der Waals surface area contributed by atoms with Gasteiger partial charge in [0.1, 0.15) is 10.7 Å². The van der Waals surface area contributed by atoms with Crippen LogP contribution >= 0.6 is 11.6 Å². The second-order valence-corrected chi connectivity index (χ2v) is 10.9. The maximum absolute atomic E-state index is 13.3. The van der Waals surface area contributed by atoms with E-state index in [0.29, 0.717) is 23.5 Å². The van der Waals surface area contributed by atoms with Gasteiger partial charge in [-0.25, -0.2) is 32.8 Å². The third-order valence-electron chi connectivity index (χ3n) is 5.77. The molecule has 2 N–H and O–H groups in total. The zero-order valence-electron chi connectivity index (χ0n) is 21.9. The van der Waals surface area contributed by atoms with Crippen molar-refractivity contribution in [2.45, 2.75) is 38.5 Å². The number of benzene rings is 2. The first-order valence-corrected chi connectivity index (χ1v) is 14.1. The summed E-state index contributed by atoms with van der Waals surface area (Å²) in [7, 11) is -4.00. The van der Waals surface area contributed by atoms with E-state index in [9.17, 15) is 22.8 Å². The highest BCUT2D eigenvalue weighted by molar-refractivity contribution is 7.92. The molecule has 0 saturated heterocycles. The summed E-state index contributed by atoms with van der Waals surface area (Å²) in [5.41, 5.74) is 1.37. The normalized spacial score (nSPS) is 13.6. The Morgan fingerprint density at radius 2 is 1.65 bits per heavy atom. The third-order valence-corrected chi connectivity index (χ3v) is 7.46. The first-order valence-electron chi connectivity index (χ1n) is 12.3. The summed E-state index contributed by atoms with van der Waals surface area (Å²) < 4.78 is 33.2. The highest BCUT2D eigenvalue weighted by Gasteiger charge is 2.40. The molecular weight excluding hydrogens is 558 g/mol. The molecular formula is C27H26ClN5O6S. The summed E-state index contributed by atoms with van der Waals surface area (Å²) in [5, 5.41) is 2.40. The second-order valence-electron chi connectivity index (χ2n) is 8.87. The van der Waals surface area contributed by atoms with Crippen molar-refractivity contribution in [1.82, 2.24) is 9.97 Å². The predicted octanol–water partition coefficient (Wildman–Crippen LogP) is 4.29. The number of sulfonamides is 1. The summed E-state index contributed by atoms with van der Waals surface area (Å²) in [6.45, 7) is 5.61. The molecule has 3 aromatic rings. The maximum Gasteiger partial charge on any atom is 0.340 e. The number of nitrogens with zero attached hydrogens (tertiary/aromatic N) is 3. The standard InChI is InChI=1S/C27H26ClN5O6S/c1-4-5-14-39-26(36)20-8-6-7-9-21(20)33-24(34)22(28)23(25(33)35)31-18-10-12-19(13-11-18)40(37,38)32-27-29-16(2)15-17(3)30-27/h6-13,15,31H,4-5,14H2,1-3H3,(H,29,30,32). The fraction of sp³-hybridized carbons (Fsp3) is 0.222. The minimum Gasteiger partial charge on any atom is -0.462 e. The van der Waals surface area contributed by atoms with Crippen LogP contribution in [0.15, 0.2) is 70.2 Å². The van der Waals surface area contributed by atoms with Gasteiger partial charge in [-0.3, -0.25) is 9.59 Å². The summed E-state index contributed by atoms with van der Waals surface area (Å²) in [6, 6.07) is 13.2. The number of carbonyl (C=O) groups excluding carboxylic acids is 3. The monoisotopic (exact) mass is 583 g/mol. The summed E-state index contributed by atoms with van der Waals surface area (Å²) >= 11 is 6.24. The molecule has 0 saturated carbocycles. The lowest BCUT2D eigenvalue weighted by atomic mass is 10.1. The quantitative estimate of drug-likeness (QED) is 0.202. The largest absolute Gasteiger partial charge is 0.462 e. The molecule has 208 valence electrons. The minimum atomic E-state index is -4.00. The van der Waals surface area contributed by atoms with Crippen LogP contribution in [0.1, 0.15) is 41.5 Å². The summed E-state index contributed by atoms with van der Waals surface area (Å²) in [5.74, 6) is -2.32. The Morgan fingerprint density at radius 1 is 1.00 bits per heavy atom. The fourth-order valence-corrected chi connectivity index (χ4v) is 5.03. The SMILES string of the molecule is CCCCOC(=O)c1ccccc1N1C(=O)C(Cl)=C(Nc2ccc(S(=O)(=O)Nc3nc(C)cc(C)n3)cc2)C1=O. The second kappa shape index (κ2) is 11.8. The number of carbonyl (C=O) groups is 3. The molecule has 0 aliphatic carbocycles. The molecule has 0 spiro atoms. The molecule has 11 nitrogen and oxygen atoms in total. The van der Waals surface area contributed by atoms with Crippen LogP contribution < -0.4 is 14.9 Å². The number of anilines is 3. The van der Waals surface area contributed by atoms with Crippen LogP contribution in [-0.4, -0.2) is 42.8 Å². The van der Waals surface area contributed by atoms with Crippen LogP contribution in [0.3, 0.4) is 0 Å². The van der Waals surface area contributed by atoms with Gasteiger partial charge in [-0.1, -0.05) is 37.1 Å². The van der Waals surface area contributed by atoms with Crippen LogP contribution in [-0.2, 0) is 24.3 Å². The van der Waals surface area contributed by atoms with Gasteiger partial charge in [-0.2, -0.15) is 0 Å². The van der Waals surface area contributed by atoms with E-state index in [4.69, 9.17) is 16.3 Å². The number of nitrogens with one attached hydrogen (secondary N) is 2. The number of esters is 1. The number of aromatic nitrogens is 2. The van der Waals surface area contributed by atoms with Crippen LogP contribution in [0.2, 0.25) is 0 Å². The zero-order valence-corrected chi connectivity index (χ0v) is 23.5. The molecule has 0 atom stereocenters. The van der Waals surface area contributed by atoms with E-state index in [2.05, 4.69) is 20.0 Å². The number of imide groups is 1. The molecule has 0 unspecified atom stereocenters. The van der Waals surface area contributed by atoms with Gasteiger partial charge in [0.15, 0.2) is 0 Å². The lowest BCUT2D eigenvalue weighted by molar-refractivity contribution is -0.120. The van der Waals surface area contributed by atoms with Crippen molar-refractivity contribution in [3.05, 3.63) is 82.3 Å². The lowest BCUT2D eigenvalue weighted by Gasteiger charge is -2.18. The first-order chi connectivity index (χ1) is 19.0. The predicted molar refractivity (Wildman–Crippen MR) is 149 cm³/mol. The summed E-state index contributed by atoms with van der Waals surface area (Å²) in [4.78, 5) is 47.8. The van der Waals surface area contributed by atoms with Crippen LogP contribution in [0.5, 0.6) is 0 Å². The average Bonchev–Trinajstić information content (AvgIpc) is 3.11. The van der Waals surface area contributed by atoms with Gasteiger partial charge in [-0.15, -0.1) is 0 Å². The van der Waals surface area contributed by atoms with Crippen molar-refractivity contribution in [1.29, 1.82) is 0 Å². The van der Waals surface area contributed by atoms with Crippen LogP contribution in [0.4, 0.5) is 17.3 Å². The van der Waals surface area contributed by atoms with Gasteiger partial charge < -0.3 is 10.1 Å². The van der Waals surface area contributed by atoms with Crippen LogP contribution in [0, 0.1) is 13.8 Å². The number of rotatable bonds is 10. The van der Waals surface area contributed by atoms with Crippen molar-refractivity contribution in [2.75, 3.05) is 21.5 Å². The van der Waals surface area contributed by atoms with Gasteiger partial charge >= 0.3 is 5.97 Å². The van der Waals surface area contributed by atoms with Gasteiger partial charge in [0.05, 0.1) is 22.8 Å². The topological polar surface area (TPSA) is 148 Å². The highest BCUT2D eigenvalue weighted by Crippen LogP contribution is 2.32. The van der Waals surface area contributed by atoms with Crippen LogP contribution in [0.25, 0.3) is 0 Å². The molecule has 0 radical (unpaired) electrons. The smallest absolute Gasteiger partial charge is 0.340 e. The molecule has 0 fully saturated rings. The molecule has 1 aromatic heterocycles. The van der Waals surface area contributed by atoms with Gasteiger partial charge in [0.25, 0.3) is 21.8 Å². The Balaban J connectivity index is 1.52. The van der Waals surface area contributed by atoms with Crippen molar-refractivity contribution in [3.8, 4) is 0 Å².